The molecule has 0 bridgehead atoms. The minimum Gasteiger partial charge on any atom is -0.497 e. The number of piperazine rings is 1. The maximum atomic E-state index is 12.7. The topological polar surface area (TPSA) is 63.0 Å². The molecule has 0 aliphatic carbocycles. The molecule has 1 aromatic carbocycles. The van der Waals surface area contributed by atoms with E-state index in [9.17, 15) is 9.59 Å². The quantitative estimate of drug-likeness (QED) is 0.871. The summed E-state index contributed by atoms with van der Waals surface area (Å²) < 4.78 is 10.3. The SMILES string of the molecule is COc1cccc(N2CCN(C(=O)c3ccco3)C(C)C2=O)c1. The van der Waals surface area contributed by atoms with Gasteiger partial charge in [-0.05, 0) is 31.2 Å². The van der Waals surface area contributed by atoms with Gasteiger partial charge in [0.05, 0.1) is 13.4 Å². The molecule has 0 saturated carbocycles. The number of hydrogen-bond donors (Lipinski definition) is 0. The lowest BCUT2D eigenvalue weighted by Crippen LogP contribution is -2.57. The van der Waals surface area contributed by atoms with Crippen LogP contribution in [0.15, 0.2) is 47.1 Å². The van der Waals surface area contributed by atoms with Gasteiger partial charge in [-0.2, -0.15) is 0 Å². The predicted octanol–water partition coefficient (Wildman–Crippen LogP) is 2.17. The number of methoxy groups -OCH3 is 1. The highest BCUT2D eigenvalue weighted by atomic mass is 16.5. The van der Waals surface area contributed by atoms with Gasteiger partial charge >= 0.3 is 0 Å². The first kappa shape index (κ1) is 15.1. The monoisotopic (exact) mass is 314 g/mol. The van der Waals surface area contributed by atoms with Crippen LogP contribution in [0.2, 0.25) is 0 Å². The molecule has 2 heterocycles. The van der Waals surface area contributed by atoms with Crippen molar-refractivity contribution in [1.82, 2.24) is 4.90 Å². The number of carbonyl (C=O) groups excluding carboxylic acids is 2. The van der Waals surface area contributed by atoms with Crippen molar-refractivity contribution in [3.8, 4) is 5.75 Å². The Morgan fingerprint density at radius 2 is 2.09 bits per heavy atom. The second kappa shape index (κ2) is 6.16. The molecule has 0 radical (unpaired) electrons. The van der Waals surface area contributed by atoms with Crippen molar-refractivity contribution in [2.75, 3.05) is 25.1 Å². The average molecular weight is 314 g/mol. The maximum Gasteiger partial charge on any atom is 0.290 e. The summed E-state index contributed by atoms with van der Waals surface area (Å²) in [4.78, 5) is 28.3. The fourth-order valence-electron chi connectivity index (χ4n) is 2.72. The van der Waals surface area contributed by atoms with E-state index in [1.165, 1.54) is 11.2 Å². The van der Waals surface area contributed by atoms with Crippen LogP contribution in [0.25, 0.3) is 0 Å². The summed E-state index contributed by atoms with van der Waals surface area (Å²) in [6.07, 6.45) is 1.45. The van der Waals surface area contributed by atoms with Gasteiger partial charge in [-0.15, -0.1) is 0 Å². The van der Waals surface area contributed by atoms with Gasteiger partial charge in [0, 0.05) is 24.8 Å². The summed E-state index contributed by atoms with van der Waals surface area (Å²) in [6, 6.07) is 10.1. The summed E-state index contributed by atoms with van der Waals surface area (Å²) in [7, 11) is 1.59. The number of furan rings is 1. The molecule has 6 heteroatoms. The smallest absolute Gasteiger partial charge is 0.290 e. The fourth-order valence-corrected chi connectivity index (χ4v) is 2.72. The van der Waals surface area contributed by atoms with Crippen LogP contribution < -0.4 is 9.64 Å². The maximum absolute atomic E-state index is 12.7. The Morgan fingerprint density at radius 3 is 2.78 bits per heavy atom. The van der Waals surface area contributed by atoms with Crippen molar-refractivity contribution in [2.24, 2.45) is 0 Å². The Hall–Kier alpha value is -2.76. The molecule has 120 valence electrons. The van der Waals surface area contributed by atoms with Gasteiger partial charge in [-0.3, -0.25) is 9.59 Å². The Bertz CT molecular complexity index is 711. The third-order valence-corrected chi connectivity index (χ3v) is 4.01. The molecule has 1 fully saturated rings. The van der Waals surface area contributed by atoms with E-state index in [0.29, 0.717) is 18.8 Å². The summed E-state index contributed by atoms with van der Waals surface area (Å²) in [5.41, 5.74) is 0.770. The average Bonchev–Trinajstić information content (AvgIpc) is 3.11. The lowest BCUT2D eigenvalue weighted by molar-refractivity contribution is -0.124. The Kier molecular flexibility index (Phi) is 4.06. The third-order valence-electron chi connectivity index (χ3n) is 4.01. The zero-order valence-corrected chi connectivity index (χ0v) is 13.1. The summed E-state index contributed by atoms with van der Waals surface area (Å²) in [6.45, 7) is 2.61. The molecule has 1 aliphatic heterocycles. The lowest BCUT2D eigenvalue weighted by atomic mass is 10.1. The molecule has 2 aromatic rings. The summed E-state index contributed by atoms with van der Waals surface area (Å²) in [5, 5.41) is 0. The van der Waals surface area contributed by atoms with Gasteiger partial charge in [0.15, 0.2) is 5.76 Å². The van der Waals surface area contributed by atoms with Gasteiger partial charge in [-0.25, -0.2) is 0 Å². The van der Waals surface area contributed by atoms with Crippen molar-refractivity contribution in [1.29, 1.82) is 0 Å². The molecule has 23 heavy (non-hydrogen) atoms. The largest absolute Gasteiger partial charge is 0.497 e. The van der Waals surface area contributed by atoms with Gasteiger partial charge in [0.25, 0.3) is 5.91 Å². The van der Waals surface area contributed by atoms with Crippen LogP contribution in [0.1, 0.15) is 17.5 Å². The number of benzene rings is 1. The molecule has 0 spiro atoms. The van der Waals surface area contributed by atoms with Gasteiger partial charge < -0.3 is 19.0 Å². The molecule has 0 N–H and O–H groups in total. The van der Waals surface area contributed by atoms with Crippen LogP contribution >= 0.6 is 0 Å². The van der Waals surface area contributed by atoms with Gasteiger partial charge in [0.1, 0.15) is 11.8 Å². The number of amides is 2. The molecule has 1 aliphatic rings. The fraction of sp³-hybridized carbons (Fsp3) is 0.294. The van der Waals surface area contributed by atoms with E-state index >= 15 is 0 Å². The van der Waals surface area contributed by atoms with Crippen LogP contribution in [-0.4, -0.2) is 43.0 Å². The van der Waals surface area contributed by atoms with Crippen molar-refractivity contribution >= 4 is 17.5 Å². The summed E-state index contributed by atoms with van der Waals surface area (Å²) in [5.74, 6) is 0.557. The second-order valence-corrected chi connectivity index (χ2v) is 5.34. The Balaban J connectivity index is 1.79. The lowest BCUT2D eigenvalue weighted by Gasteiger charge is -2.38. The molecule has 1 saturated heterocycles. The number of anilines is 1. The first-order valence-corrected chi connectivity index (χ1v) is 7.41. The molecule has 2 amide bonds. The molecular formula is C17H18N2O4. The van der Waals surface area contributed by atoms with Gasteiger partial charge in [0.2, 0.25) is 5.91 Å². The highest BCUT2D eigenvalue weighted by Gasteiger charge is 2.36. The minimum atomic E-state index is -0.549. The number of carbonyl (C=O) groups is 2. The molecule has 1 atom stereocenters. The highest BCUT2D eigenvalue weighted by molar-refractivity contribution is 6.02. The van der Waals surface area contributed by atoms with Crippen LogP contribution in [0, 0.1) is 0 Å². The zero-order valence-electron chi connectivity index (χ0n) is 13.1. The van der Waals surface area contributed by atoms with E-state index in [-0.39, 0.29) is 17.6 Å². The third kappa shape index (κ3) is 2.79. The second-order valence-electron chi connectivity index (χ2n) is 5.34. The molecule has 3 rings (SSSR count). The van der Waals surface area contributed by atoms with E-state index in [1.54, 1.807) is 31.1 Å². The normalized spacial score (nSPS) is 18.2. The van der Waals surface area contributed by atoms with Crippen molar-refractivity contribution in [2.45, 2.75) is 13.0 Å². The molecule has 1 unspecified atom stereocenters. The zero-order chi connectivity index (χ0) is 16.4. The number of ether oxygens (including phenoxy) is 1. The number of nitrogens with zero attached hydrogens (tertiary/aromatic N) is 2. The van der Waals surface area contributed by atoms with E-state index < -0.39 is 6.04 Å². The molecular weight excluding hydrogens is 296 g/mol. The van der Waals surface area contributed by atoms with E-state index in [0.717, 1.165) is 5.69 Å². The van der Waals surface area contributed by atoms with Crippen molar-refractivity contribution in [3.05, 3.63) is 48.4 Å². The number of hydrogen-bond acceptors (Lipinski definition) is 4. The van der Waals surface area contributed by atoms with Crippen LogP contribution in [-0.2, 0) is 4.79 Å². The van der Waals surface area contributed by atoms with Gasteiger partial charge in [-0.1, -0.05) is 6.07 Å². The van der Waals surface area contributed by atoms with E-state index in [1.807, 2.05) is 24.3 Å². The van der Waals surface area contributed by atoms with Crippen molar-refractivity contribution in [3.63, 3.8) is 0 Å². The molecule has 6 nitrogen and oxygen atoms in total. The number of rotatable bonds is 3. The highest BCUT2D eigenvalue weighted by Crippen LogP contribution is 2.25. The van der Waals surface area contributed by atoms with E-state index in [4.69, 9.17) is 9.15 Å². The minimum absolute atomic E-state index is 0.121. The van der Waals surface area contributed by atoms with Crippen LogP contribution in [0.4, 0.5) is 5.69 Å². The summed E-state index contributed by atoms with van der Waals surface area (Å²) >= 11 is 0. The first-order chi connectivity index (χ1) is 11.1. The standard InChI is InChI=1S/C17H18N2O4/c1-12-16(20)19(13-5-3-6-14(11-13)22-2)9-8-18(12)17(21)15-7-4-10-23-15/h3-7,10-12H,8-9H2,1-2H3. The molecule has 1 aromatic heterocycles. The first-order valence-electron chi connectivity index (χ1n) is 7.41. The predicted molar refractivity (Wildman–Crippen MR) is 84.6 cm³/mol. The van der Waals surface area contributed by atoms with E-state index in [2.05, 4.69) is 0 Å². The Morgan fingerprint density at radius 1 is 1.26 bits per heavy atom. The van der Waals surface area contributed by atoms with Crippen LogP contribution in [0.3, 0.4) is 0 Å². The van der Waals surface area contributed by atoms with Crippen LogP contribution in [0.5, 0.6) is 5.75 Å². The Labute approximate surface area is 134 Å². The van der Waals surface area contributed by atoms with Crippen molar-refractivity contribution < 1.29 is 18.7 Å².